The summed E-state index contributed by atoms with van der Waals surface area (Å²) in [5.74, 6) is 0.904. The van der Waals surface area contributed by atoms with Crippen molar-refractivity contribution in [3.8, 4) is 5.75 Å². The van der Waals surface area contributed by atoms with Crippen molar-refractivity contribution in [3.05, 3.63) is 46.8 Å². The number of ether oxygens (including phenoxy) is 1. The van der Waals surface area contributed by atoms with Crippen molar-refractivity contribution in [2.45, 2.75) is 33.2 Å². The number of benzene rings is 1. The minimum atomic E-state index is 0.317. The lowest BCUT2D eigenvalue weighted by Crippen LogP contribution is -2.22. The predicted octanol–water partition coefficient (Wildman–Crippen LogP) is 2.94. The Morgan fingerprint density at radius 2 is 1.90 bits per heavy atom. The van der Waals surface area contributed by atoms with Gasteiger partial charge in [0, 0.05) is 24.3 Å². The molecule has 0 bridgehead atoms. The second-order valence-electron chi connectivity index (χ2n) is 5.48. The van der Waals surface area contributed by atoms with Crippen LogP contribution in [0.2, 0.25) is 0 Å². The number of nitrogens with zero attached hydrogens (tertiary/aromatic N) is 2. The smallest absolute Gasteiger partial charge is 0.118 e. The summed E-state index contributed by atoms with van der Waals surface area (Å²) in [7, 11) is 3.69. The van der Waals surface area contributed by atoms with Gasteiger partial charge in [-0.3, -0.25) is 4.68 Å². The van der Waals surface area contributed by atoms with Gasteiger partial charge in [0.05, 0.1) is 12.8 Å². The van der Waals surface area contributed by atoms with Crippen molar-refractivity contribution in [3.63, 3.8) is 0 Å². The number of methoxy groups -OCH3 is 1. The molecule has 0 amide bonds. The molecule has 1 heterocycles. The van der Waals surface area contributed by atoms with E-state index in [2.05, 4.69) is 43.3 Å². The molecular formula is C17H25N3O. The van der Waals surface area contributed by atoms with Crippen LogP contribution in [0, 0.1) is 13.8 Å². The summed E-state index contributed by atoms with van der Waals surface area (Å²) in [6.07, 6.45) is 1.01. The maximum atomic E-state index is 5.17. The highest BCUT2D eigenvalue weighted by Crippen LogP contribution is 2.20. The number of aromatic nitrogens is 2. The van der Waals surface area contributed by atoms with E-state index >= 15 is 0 Å². The van der Waals surface area contributed by atoms with Gasteiger partial charge in [-0.05, 0) is 51.4 Å². The van der Waals surface area contributed by atoms with Crippen molar-refractivity contribution in [1.82, 2.24) is 15.1 Å². The molecule has 1 unspecified atom stereocenters. The molecule has 2 aromatic rings. The summed E-state index contributed by atoms with van der Waals surface area (Å²) < 4.78 is 7.12. The summed E-state index contributed by atoms with van der Waals surface area (Å²) in [6, 6.07) is 8.57. The van der Waals surface area contributed by atoms with E-state index in [4.69, 9.17) is 4.74 Å². The van der Waals surface area contributed by atoms with Crippen LogP contribution in [0.4, 0.5) is 0 Å². The number of rotatable bonds is 6. The van der Waals surface area contributed by atoms with Crippen molar-refractivity contribution >= 4 is 0 Å². The van der Waals surface area contributed by atoms with Crippen LogP contribution in [-0.4, -0.2) is 23.4 Å². The summed E-state index contributed by atoms with van der Waals surface area (Å²) in [5, 5.41) is 8.07. The van der Waals surface area contributed by atoms with Crippen LogP contribution in [0.15, 0.2) is 24.3 Å². The maximum Gasteiger partial charge on any atom is 0.118 e. The Hall–Kier alpha value is -1.81. The largest absolute Gasteiger partial charge is 0.497 e. The molecular weight excluding hydrogens is 262 g/mol. The van der Waals surface area contributed by atoms with Gasteiger partial charge in [0.2, 0.25) is 0 Å². The average molecular weight is 287 g/mol. The van der Waals surface area contributed by atoms with Crippen LogP contribution in [-0.2, 0) is 13.5 Å². The van der Waals surface area contributed by atoms with Crippen molar-refractivity contribution < 1.29 is 4.74 Å². The molecule has 1 aromatic carbocycles. The molecule has 4 nitrogen and oxygen atoms in total. The molecule has 1 N–H and O–H groups in total. The number of hydrogen-bond acceptors (Lipinski definition) is 3. The second-order valence-corrected chi connectivity index (χ2v) is 5.48. The van der Waals surface area contributed by atoms with E-state index < -0.39 is 0 Å². The number of aryl methyl sites for hydroxylation is 2. The first-order valence-electron chi connectivity index (χ1n) is 7.39. The van der Waals surface area contributed by atoms with Crippen molar-refractivity contribution in [2.75, 3.05) is 13.7 Å². The quantitative estimate of drug-likeness (QED) is 0.888. The van der Waals surface area contributed by atoms with Gasteiger partial charge in [-0.15, -0.1) is 0 Å². The van der Waals surface area contributed by atoms with Gasteiger partial charge in [-0.25, -0.2) is 0 Å². The fraction of sp³-hybridized carbons (Fsp3) is 0.471. The van der Waals surface area contributed by atoms with Gasteiger partial charge >= 0.3 is 0 Å². The van der Waals surface area contributed by atoms with E-state index in [1.54, 1.807) is 7.11 Å². The van der Waals surface area contributed by atoms with E-state index in [9.17, 15) is 0 Å². The zero-order valence-corrected chi connectivity index (χ0v) is 13.6. The molecule has 1 atom stereocenters. The first kappa shape index (κ1) is 15.6. The molecule has 21 heavy (non-hydrogen) atoms. The molecule has 0 spiro atoms. The highest BCUT2D eigenvalue weighted by atomic mass is 16.5. The molecule has 0 radical (unpaired) electrons. The number of hydrogen-bond donors (Lipinski definition) is 1. The Kier molecular flexibility index (Phi) is 5.02. The molecule has 114 valence electrons. The molecule has 2 rings (SSSR count). The minimum absolute atomic E-state index is 0.317. The highest BCUT2D eigenvalue weighted by molar-refractivity contribution is 5.28. The third kappa shape index (κ3) is 3.64. The third-order valence-corrected chi connectivity index (χ3v) is 4.02. The van der Waals surface area contributed by atoms with Gasteiger partial charge in [0.25, 0.3) is 0 Å². The van der Waals surface area contributed by atoms with Gasteiger partial charge < -0.3 is 10.1 Å². The first-order chi connectivity index (χ1) is 10.0. The maximum absolute atomic E-state index is 5.17. The van der Waals surface area contributed by atoms with Crippen LogP contribution in [0.5, 0.6) is 5.75 Å². The van der Waals surface area contributed by atoms with E-state index in [0.717, 1.165) is 24.4 Å². The Morgan fingerprint density at radius 3 is 2.43 bits per heavy atom. The topological polar surface area (TPSA) is 39.1 Å². The molecule has 0 aliphatic carbocycles. The summed E-state index contributed by atoms with van der Waals surface area (Å²) >= 11 is 0. The van der Waals surface area contributed by atoms with E-state index in [-0.39, 0.29) is 0 Å². The third-order valence-electron chi connectivity index (χ3n) is 4.02. The Labute approximate surface area is 127 Å². The standard InChI is InChI=1S/C17H25N3O/c1-12(17-13(2)19-20(4)14(17)3)18-11-10-15-6-8-16(21-5)9-7-15/h6-9,12,18H,10-11H2,1-5H3. The monoisotopic (exact) mass is 287 g/mol. The summed E-state index contributed by atoms with van der Waals surface area (Å²) in [5.41, 5.74) is 4.97. The molecule has 4 heteroatoms. The van der Waals surface area contributed by atoms with E-state index in [1.807, 2.05) is 23.9 Å². The van der Waals surface area contributed by atoms with Crippen molar-refractivity contribution in [1.29, 1.82) is 0 Å². The molecule has 0 saturated carbocycles. The summed E-state index contributed by atoms with van der Waals surface area (Å²) in [6.45, 7) is 7.34. The lowest BCUT2D eigenvalue weighted by Gasteiger charge is -2.15. The Balaban J connectivity index is 1.90. The fourth-order valence-corrected chi connectivity index (χ4v) is 2.74. The average Bonchev–Trinajstić information content (AvgIpc) is 2.73. The van der Waals surface area contributed by atoms with Crippen LogP contribution in [0.1, 0.15) is 35.5 Å². The molecule has 1 aromatic heterocycles. The van der Waals surface area contributed by atoms with E-state index in [0.29, 0.717) is 6.04 Å². The van der Waals surface area contributed by atoms with Crippen LogP contribution in [0.3, 0.4) is 0 Å². The molecule has 0 saturated heterocycles. The predicted molar refractivity (Wildman–Crippen MR) is 85.8 cm³/mol. The van der Waals surface area contributed by atoms with Gasteiger partial charge in [-0.1, -0.05) is 12.1 Å². The second kappa shape index (κ2) is 6.76. The zero-order valence-electron chi connectivity index (χ0n) is 13.6. The highest BCUT2D eigenvalue weighted by Gasteiger charge is 2.15. The summed E-state index contributed by atoms with van der Waals surface area (Å²) in [4.78, 5) is 0. The lowest BCUT2D eigenvalue weighted by molar-refractivity contribution is 0.414. The zero-order chi connectivity index (χ0) is 15.4. The molecule has 0 fully saturated rings. The lowest BCUT2D eigenvalue weighted by atomic mass is 10.1. The van der Waals surface area contributed by atoms with Crippen LogP contribution >= 0.6 is 0 Å². The Bertz CT molecular complexity index is 587. The van der Waals surface area contributed by atoms with Gasteiger partial charge in [0.1, 0.15) is 5.75 Å². The Morgan fingerprint density at radius 1 is 1.24 bits per heavy atom. The minimum Gasteiger partial charge on any atom is -0.497 e. The normalized spacial score (nSPS) is 12.4. The van der Waals surface area contributed by atoms with Crippen LogP contribution < -0.4 is 10.1 Å². The van der Waals surface area contributed by atoms with Crippen LogP contribution in [0.25, 0.3) is 0 Å². The number of nitrogens with one attached hydrogen (secondary N) is 1. The molecule has 0 aliphatic rings. The first-order valence-corrected chi connectivity index (χ1v) is 7.39. The van der Waals surface area contributed by atoms with Crippen molar-refractivity contribution in [2.24, 2.45) is 7.05 Å². The SMILES string of the molecule is COc1ccc(CCNC(C)c2c(C)nn(C)c2C)cc1. The fourth-order valence-electron chi connectivity index (χ4n) is 2.74. The van der Waals surface area contributed by atoms with Gasteiger partial charge in [0.15, 0.2) is 0 Å². The van der Waals surface area contributed by atoms with Gasteiger partial charge in [-0.2, -0.15) is 5.10 Å². The van der Waals surface area contributed by atoms with E-state index in [1.165, 1.54) is 16.8 Å². The molecule has 0 aliphatic heterocycles.